The Labute approximate surface area is 108 Å². The number of likely N-dealkylation sites (N-methyl/N-ethyl adjacent to an activating group) is 1. The summed E-state index contributed by atoms with van der Waals surface area (Å²) in [6.07, 6.45) is 1.61. The number of nitrogens with one attached hydrogen (secondary N) is 1. The monoisotopic (exact) mass is 256 g/mol. The Morgan fingerprint density at radius 2 is 2.12 bits per heavy atom. The summed E-state index contributed by atoms with van der Waals surface area (Å²) in [5, 5.41) is 3.86. The summed E-state index contributed by atoms with van der Waals surface area (Å²) in [7, 11) is 0. The Balaban J connectivity index is 2.58. The standard InChI is InChI=1S/C12H21ClN4/c1-4-17(5-2)8-9(3)16-12-11(13)6-10(14)7-15-12/h6-7,9H,4-5,8,14H2,1-3H3,(H,15,16). The van der Waals surface area contributed by atoms with Gasteiger partial charge in [0.05, 0.1) is 16.9 Å². The minimum Gasteiger partial charge on any atom is -0.397 e. The molecule has 0 aliphatic carbocycles. The summed E-state index contributed by atoms with van der Waals surface area (Å²) in [5.74, 6) is 0.695. The van der Waals surface area contributed by atoms with E-state index in [1.807, 2.05) is 0 Å². The predicted molar refractivity (Wildman–Crippen MR) is 74.5 cm³/mol. The zero-order valence-corrected chi connectivity index (χ0v) is 11.5. The molecule has 0 aromatic carbocycles. The number of hydrogen-bond donors (Lipinski definition) is 2. The minimum absolute atomic E-state index is 0.295. The number of pyridine rings is 1. The van der Waals surface area contributed by atoms with Crippen LogP contribution in [0.2, 0.25) is 5.02 Å². The third-order valence-corrected chi connectivity index (χ3v) is 2.96. The molecule has 1 rings (SSSR count). The molecule has 0 saturated heterocycles. The maximum atomic E-state index is 6.06. The first kappa shape index (κ1) is 14.1. The van der Waals surface area contributed by atoms with Crippen LogP contribution in [0.1, 0.15) is 20.8 Å². The number of nitrogens with zero attached hydrogens (tertiary/aromatic N) is 2. The van der Waals surface area contributed by atoms with Crippen molar-refractivity contribution in [1.29, 1.82) is 0 Å². The van der Waals surface area contributed by atoms with Crippen molar-refractivity contribution < 1.29 is 0 Å². The number of nitrogen functional groups attached to an aromatic ring is 1. The first-order valence-corrected chi connectivity index (χ1v) is 6.34. The van der Waals surface area contributed by atoms with Crippen molar-refractivity contribution in [2.24, 2.45) is 0 Å². The van der Waals surface area contributed by atoms with Crippen molar-refractivity contribution in [2.45, 2.75) is 26.8 Å². The lowest BCUT2D eigenvalue weighted by Gasteiger charge is -2.24. The lowest BCUT2D eigenvalue weighted by atomic mass is 10.3. The van der Waals surface area contributed by atoms with Crippen molar-refractivity contribution >= 4 is 23.1 Å². The molecule has 0 amide bonds. The predicted octanol–water partition coefficient (Wildman–Crippen LogP) is 2.46. The van der Waals surface area contributed by atoms with E-state index in [2.05, 4.69) is 36.0 Å². The van der Waals surface area contributed by atoms with Crippen LogP contribution < -0.4 is 11.1 Å². The molecule has 1 heterocycles. The highest BCUT2D eigenvalue weighted by Gasteiger charge is 2.09. The molecule has 96 valence electrons. The van der Waals surface area contributed by atoms with Gasteiger partial charge in [0.15, 0.2) is 0 Å². The average Bonchev–Trinajstić information content (AvgIpc) is 2.29. The molecule has 0 fully saturated rings. The molecule has 3 N–H and O–H groups in total. The van der Waals surface area contributed by atoms with E-state index < -0.39 is 0 Å². The van der Waals surface area contributed by atoms with Gasteiger partial charge in [-0.3, -0.25) is 0 Å². The molecule has 0 saturated carbocycles. The first-order chi connectivity index (χ1) is 8.06. The second-order valence-electron chi connectivity index (χ2n) is 4.13. The van der Waals surface area contributed by atoms with Gasteiger partial charge in [-0.2, -0.15) is 0 Å². The summed E-state index contributed by atoms with van der Waals surface area (Å²) in [6.45, 7) is 9.49. The fraction of sp³-hybridized carbons (Fsp3) is 0.583. The largest absolute Gasteiger partial charge is 0.397 e. The molecule has 1 unspecified atom stereocenters. The molecular formula is C12H21ClN4. The Morgan fingerprint density at radius 1 is 1.47 bits per heavy atom. The molecule has 1 atom stereocenters. The molecule has 0 aliphatic rings. The molecule has 0 spiro atoms. The summed E-state index contributed by atoms with van der Waals surface area (Å²) in [6, 6.07) is 2.00. The van der Waals surface area contributed by atoms with E-state index in [1.54, 1.807) is 12.3 Å². The van der Waals surface area contributed by atoms with Crippen molar-refractivity contribution in [1.82, 2.24) is 9.88 Å². The average molecular weight is 257 g/mol. The maximum absolute atomic E-state index is 6.06. The van der Waals surface area contributed by atoms with E-state index in [-0.39, 0.29) is 0 Å². The molecule has 1 aromatic heterocycles. The highest BCUT2D eigenvalue weighted by Crippen LogP contribution is 2.21. The normalized spacial score (nSPS) is 12.8. The highest BCUT2D eigenvalue weighted by atomic mass is 35.5. The van der Waals surface area contributed by atoms with E-state index in [1.165, 1.54) is 0 Å². The Morgan fingerprint density at radius 3 is 2.65 bits per heavy atom. The first-order valence-electron chi connectivity index (χ1n) is 5.96. The fourth-order valence-electron chi connectivity index (χ4n) is 1.71. The molecule has 0 radical (unpaired) electrons. The lowest BCUT2D eigenvalue weighted by molar-refractivity contribution is 0.294. The van der Waals surface area contributed by atoms with E-state index in [4.69, 9.17) is 17.3 Å². The second kappa shape index (κ2) is 6.67. The minimum atomic E-state index is 0.295. The van der Waals surface area contributed by atoms with Crippen LogP contribution in [0.5, 0.6) is 0 Å². The quantitative estimate of drug-likeness (QED) is 0.821. The molecule has 1 aromatic rings. The van der Waals surface area contributed by atoms with Gasteiger partial charge in [0, 0.05) is 12.6 Å². The second-order valence-corrected chi connectivity index (χ2v) is 4.54. The number of halogens is 1. The van der Waals surface area contributed by atoms with Gasteiger partial charge in [0.25, 0.3) is 0 Å². The molecule has 5 heteroatoms. The zero-order valence-electron chi connectivity index (χ0n) is 10.7. The van der Waals surface area contributed by atoms with Gasteiger partial charge in [-0.1, -0.05) is 25.4 Å². The number of rotatable bonds is 6. The third kappa shape index (κ3) is 4.40. The topological polar surface area (TPSA) is 54.2 Å². The molecule has 4 nitrogen and oxygen atoms in total. The van der Waals surface area contributed by atoms with Gasteiger partial charge in [-0.25, -0.2) is 4.98 Å². The van der Waals surface area contributed by atoms with Crippen molar-refractivity contribution in [3.05, 3.63) is 17.3 Å². The maximum Gasteiger partial charge on any atom is 0.145 e. The molecular weight excluding hydrogens is 236 g/mol. The summed E-state index contributed by atoms with van der Waals surface area (Å²) in [5.41, 5.74) is 6.18. The molecule has 0 bridgehead atoms. The number of anilines is 2. The van der Waals surface area contributed by atoms with Crippen LogP contribution in [0.4, 0.5) is 11.5 Å². The van der Waals surface area contributed by atoms with Crippen molar-refractivity contribution in [3.63, 3.8) is 0 Å². The van der Waals surface area contributed by atoms with Gasteiger partial charge in [-0.15, -0.1) is 0 Å². The third-order valence-electron chi connectivity index (χ3n) is 2.67. The summed E-state index contributed by atoms with van der Waals surface area (Å²) >= 11 is 6.06. The van der Waals surface area contributed by atoms with Crippen LogP contribution in [0.25, 0.3) is 0 Å². The van der Waals surface area contributed by atoms with Crippen LogP contribution >= 0.6 is 11.6 Å². The summed E-state index contributed by atoms with van der Waals surface area (Å²) < 4.78 is 0. The van der Waals surface area contributed by atoms with E-state index >= 15 is 0 Å². The van der Waals surface area contributed by atoms with Gasteiger partial charge in [0.1, 0.15) is 5.82 Å². The van der Waals surface area contributed by atoms with Crippen LogP contribution in [-0.4, -0.2) is 35.6 Å². The SMILES string of the molecule is CCN(CC)CC(C)Nc1ncc(N)cc1Cl. The zero-order chi connectivity index (χ0) is 12.8. The Hall–Kier alpha value is -1.00. The van der Waals surface area contributed by atoms with Crippen LogP contribution in [0.3, 0.4) is 0 Å². The van der Waals surface area contributed by atoms with Gasteiger partial charge in [0.2, 0.25) is 0 Å². The lowest BCUT2D eigenvalue weighted by Crippen LogP contribution is -2.35. The van der Waals surface area contributed by atoms with Crippen molar-refractivity contribution in [2.75, 3.05) is 30.7 Å². The fourth-order valence-corrected chi connectivity index (χ4v) is 1.94. The number of hydrogen-bond acceptors (Lipinski definition) is 4. The molecule has 0 aliphatic heterocycles. The van der Waals surface area contributed by atoms with Gasteiger partial charge in [-0.05, 0) is 26.1 Å². The number of aromatic nitrogens is 1. The van der Waals surface area contributed by atoms with E-state index in [0.717, 1.165) is 19.6 Å². The van der Waals surface area contributed by atoms with Crippen LogP contribution in [0.15, 0.2) is 12.3 Å². The van der Waals surface area contributed by atoms with Crippen LogP contribution in [0, 0.1) is 0 Å². The van der Waals surface area contributed by atoms with E-state index in [0.29, 0.717) is 22.6 Å². The van der Waals surface area contributed by atoms with Crippen LogP contribution in [-0.2, 0) is 0 Å². The molecule has 17 heavy (non-hydrogen) atoms. The van der Waals surface area contributed by atoms with Crippen molar-refractivity contribution in [3.8, 4) is 0 Å². The smallest absolute Gasteiger partial charge is 0.145 e. The summed E-state index contributed by atoms with van der Waals surface area (Å²) in [4.78, 5) is 6.54. The Kier molecular flexibility index (Phi) is 5.51. The van der Waals surface area contributed by atoms with Gasteiger partial charge < -0.3 is 16.0 Å². The van der Waals surface area contributed by atoms with E-state index in [9.17, 15) is 0 Å². The number of nitrogens with two attached hydrogens (primary N) is 1. The van der Waals surface area contributed by atoms with Gasteiger partial charge >= 0.3 is 0 Å². The highest BCUT2D eigenvalue weighted by molar-refractivity contribution is 6.33. The Bertz CT molecular complexity index is 352.